The highest BCUT2D eigenvalue weighted by Crippen LogP contribution is 2.14. The molecule has 0 aliphatic heterocycles. The zero-order valence-corrected chi connectivity index (χ0v) is 12.9. The van der Waals surface area contributed by atoms with Crippen LogP contribution in [-0.4, -0.2) is 33.5 Å². The summed E-state index contributed by atoms with van der Waals surface area (Å²) in [5.41, 5.74) is 0. The minimum absolute atomic E-state index is 0.260. The van der Waals surface area contributed by atoms with Crippen molar-refractivity contribution in [1.29, 1.82) is 0 Å². The van der Waals surface area contributed by atoms with E-state index in [1.54, 1.807) is 0 Å². The normalized spacial score (nSPS) is 14.2. The van der Waals surface area contributed by atoms with Gasteiger partial charge in [0.25, 0.3) is 0 Å². The van der Waals surface area contributed by atoms with Gasteiger partial charge >= 0.3 is 5.97 Å². The summed E-state index contributed by atoms with van der Waals surface area (Å²) in [6, 6.07) is 0. The van der Waals surface area contributed by atoms with Crippen LogP contribution in [0.2, 0.25) is 0 Å². The molecule has 4 heteroatoms. The molecule has 20 heavy (non-hydrogen) atoms. The van der Waals surface area contributed by atoms with Crippen LogP contribution in [0.3, 0.4) is 0 Å². The van der Waals surface area contributed by atoms with Crippen molar-refractivity contribution in [3.8, 4) is 0 Å². The van der Waals surface area contributed by atoms with Gasteiger partial charge in [0.05, 0.1) is 12.2 Å². The third-order valence-corrected chi connectivity index (χ3v) is 3.63. The molecule has 0 aromatic heterocycles. The molecule has 0 aliphatic rings. The van der Waals surface area contributed by atoms with Gasteiger partial charge in [0.15, 0.2) is 0 Å². The van der Waals surface area contributed by atoms with Crippen molar-refractivity contribution in [2.75, 3.05) is 0 Å². The van der Waals surface area contributed by atoms with E-state index in [4.69, 9.17) is 5.11 Å². The second-order valence-corrected chi connectivity index (χ2v) is 5.73. The Bertz CT molecular complexity index is 231. The van der Waals surface area contributed by atoms with Crippen LogP contribution in [0.4, 0.5) is 0 Å². The Kier molecular flexibility index (Phi) is 13.0. The first-order valence-electron chi connectivity index (χ1n) is 8.14. The highest BCUT2D eigenvalue weighted by molar-refractivity contribution is 5.66. The predicted molar refractivity (Wildman–Crippen MR) is 80.7 cm³/mol. The Morgan fingerprint density at radius 2 is 1.30 bits per heavy atom. The van der Waals surface area contributed by atoms with Gasteiger partial charge < -0.3 is 15.3 Å². The number of aliphatic hydroxyl groups excluding tert-OH is 2. The van der Waals surface area contributed by atoms with E-state index in [-0.39, 0.29) is 18.6 Å². The van der Waals surface area contributed by atoms with Gasteiger partial charge in [-0.3, -0.25) is 4.79 Å². The van der Waals surface area contributed by atoms with Gasteiger partial charge in [0.1, 0.15) is 0 Å². The Labute approximate surface area is 123 Å². The molecule has 0 aliphatic carbocycles. The number of carbonyl (C=O) groups is 1. The van der Waals surface area contributed by atoms with Crippen molar-refractivity contribution >= 4 is 5.97 Å². The van der Waals surface area contributed by atoms with E-state index in [1.165, 1.54) is 0 Å². The smallest absolute Gasteiger partial charge is 0.303 e. The summed E-state index contributed by atoms with van der Waals surface area (Å²) in [5.74, 6) is -0.710. The van der Waals surface area contributed by atoms with E-state index in [0.717, 1.165) is 57.8 Å². The van der Waals surface area contributed by atoms with Crippen molar-refractivity contribution in [1.82, 2.24) is 0 Å². The van der Waals surface area contributed by atoms with E-state index < -0.39 is 5.97 Å². The minimum atomic E-state index is -0.710. The first kappa shape index (κ1) is 19.4. The molecule has 0 fully saturated rings. The maximum absolute atomic E-state index is 10.3. The summed E-state index contributed by atoms with van der Waals surface area (Å²) in [5, 5.41) is 27.9. The molecule has 0 bridgehead atoms. The third kappa shape index (κ3) is 13.8. The van der Waals surface area contributed by atoms with Crippen LogP contribution in [0.25, 0.3) is 0 Å². The SMILES string of the molecule is CCCC(O)CCC(O)CCCCCCCCC(=O)O. The fraction of sp³-hybridized carbons (Fsp3) is 0.938. The zero-order chi connectivity index (χ0) is 15.2. The van der Waals surface area contributed by atoms with Crippen molar-refractivity contribution in [3.63, 3.8) is 0 Å². The highest BCUT2D eigenvalue weighted by atomic mass is 16.4. The lowest BCUT2D eigenvalue weighted by atomic mass is 10.0. The summed E-state index contributed by atoms with van der Waals surface area (Å²) >= 11 is 0. The number of carboxylic acids is 1. The molecular formula is C16H32O4. The maximum atomic E-state index is 10.3. The zero-order valence-electron chi connectivity index (χ0n) is 12.9. The minimum Gasteiger partial charge on any atom is -0.481 e. The van der Waals surface area contributed by atoms with Crippen LogP contribution in [0.1, 0.15) is 84.0 Å². The molecule has 0 saturated carbocycles. The first-order valence-corrected chi connectivity index (χ1v) is 8.14. The van der Waals surface area contributed by atoms with Crippen LogP contribution in [0, 0.1) is 0 Å². The second-order valence-electron chi connectivity index (χ2n) is 5.73. The van der Waals surface area contributed by atoms with Gasteiger partial charge in [-0.05, 0) is 32.1 Å². The van der Waals surface area contributed by atoms with E-state index in [9.17, 15) is 15.0 Å². The van der Waals surface area contributed by atoms with Gasteiger partial charge in [0.2, 0.25) is 0 Å². The molecule has 0 amide bonds. The predicted octanol–water partition coefficient (Wildman–Crippen LogP) is 3.49. The molecule has 0 rings (SSSR count). The van der Waals surface area contributed by atoms with Gasteiger partial charge in [-0.1, -0.05) is 45.4 Å². The average Bonchev–Trinajstić information content (AvgIpc) is 2.39. The molecule has 3 N–H and O–H groups in total. The Hall–Kier alpha value is -0.610. The fourth-order valence-corrected chi connectivity index (χ4v) is 2.37. The third-order valence-electron chi connectivity index (χ3n) is 3.63. The number of aliphatic carboxylic acids is 1. The maximum Gasteiger partial charge on any atom is 0.303 e. The second kappa shape index (κ2) is 13.4. The van der Waals surface area contributed by atoms with Crippen molar-refractivity contribution in [2.24, 2.45) is 0 Å². The van der Waals surface area contributed by atoms with Crippen molar-refractivity contribution < 1.29 is 20.1 Å². The quantitative estimate of drug-likeness (QED) is 0.428. The summed E-state index contributed by atoms with van der Waals surface area (Å²) in [7, 11) is 0. The van der Waals surface area contributed by atoms with Gasteiger partial charge in [0, 0.05) is 6.42 Å². The largest absolute Gasteiger partial charge is 0.481 e. The lowest BCUT2D eigenvalue weighted by molar-refractivity contribution is -0.137. The lowest BCUT2D eigenvalue weighted by Crippen LogP contribution is -2.13. The lowest BCUT2D eigenvalue weighted by Gasteiger charge is -2.13. The molecule has 0 saturated heterocycles. The monoisotopic (exact) mass is 288 g/mol. The van der Waals surface area contributed by atoms with Crippen LogP contribution in [0.5, 0.6) is 0 Å². The topological polar surface area (TPSA) is 77.8 Å². The summed E-state index contributed by atoms with van der Waals surface area (Å²) in [6.45, 7) is 2.05. The summed E-state index contributed by atoms with van der Waals surface area (Å²) in [6.07, 6.45) is 9.82. The fourth-order valence-electron chi connectivity index (χ4n) is 2.37. The van der Waals surface area contributed by atoms with Crippen LogP contribution < -0.4 is 0 Å². The van der Waals surface area contributed by atoms with Crippen LogP contribution in [-0.2, 0) is 4.79 Å². The Morgan fingerprint density at radius 1 is 0.800 bits per heavy atom. The molecule has 0 aromatic carbocycles. The first-order chi connectivity index (χ1) is 9.56. The number of unbranched alkanes of at least 4 members (excludes halogenated alkanes) is 5. The molecular weight excluding hydrogens is 256 g/mol. The number of hydrogen-bond acceptors (Lipinski definition) is 3. The number of aliphatic hydroxyl groups is 2. The van der Waals surface area contributed by atoms with Gasteiger partial charge in [-0.2, -0.15) is 0 Å². The molecule has 4 nitrogen and oxygen atoms in total. The van der Waals surface area contributed by atoms with E-state index in [2.05, 4.69) is 6.92 Å². The Morgan fingerprint density at radius 3 is 1.85 bits per heavy atom. The van der Waals surface area contributed by atoms with Crippen molar-refractivity contribution in [3.05, 3.63) is 0 Å². The van der Waals surface area contributed by atoms with Crippen LogP contribution in [0.15, 0.2) is 0 Å². The number of rotatable bonds is 14. The molecule has 0 aromatic rings. The van der Waals surface area contributed by atoms with Crippen molar-refractivity contribution in [2.45, 2.75) is 96.2 Å². The molecule has 0 heterocycles. The van der Waals surface area contributed by atoms with E-state index in [1.807, 2.05) is 0 Å². The molecule has 2 unspecified atom stereocenters. The summed E-state index contributed by atoms with van der Waals surface area (Å²) in [4.78, 5) is 10.3. The van der Waals surface area contributed by atoms with Gasteiger partial charge in [-0.25, -0.2) is 0 Å². The molecule has 120 valence electrons. The number of carboxylic acid groups (broad SMARTS) is 1. The van der Waals surface area contributed by atoms with E-state index >= 15 is 0 Å². The molecule has 0 spiro atoms. The number of hydrogen-bond donors (Lipinski definition) is 3. The van der Waals surface area contributed by atoms with E-state index in [0.29, 0.717) is 12.8 Å². The average molecular weight is 288 g/mol. The molecule has 2 atom stereocenters. The molecule has 0 radical (unpaired) electrons. The van der Waals surface area contributed by atoms with Crippen LogP contribution >= 0.6 is 0 Å². The summed E-state index contributed by atoms with van der Waals surface area (Å²) < 4.78 is 0. The standard InChI is InChI=1S/C16H32O4/c1-2-9-14(17)12-13-15(18)10-7-5-3-4-6-8-11-16(19)20/h14-15,17-18H,2-13H2,1H3,(H,19,20). The van der Waals surface area contributed by atoms with Gasteiger partial charge in [-0.15, -0.1) is 0 Å². The highest BCUT2D eigenvalue weighted by Gasteiger charge is 2.08. The Balaban J connectivity index is 3.26.